The van der Waals surface area contributed by atoms with Gasteiger partial charge in [0.05, 0.1) is 40.5 Å². The van der Waals surface area contributed by atoms with Crippen molar-refractivity contribution in [3.63, 3.8) is 0 Å². The maximum absolute atomic E-state index is 13.3. The molecular formula is C19H14ClN3O3S. The summed E-state index contributed by atoms with van der Waals surface area (Å²) in [5.41, 5.74) is 7.56. The highest BCUT2D eigenvalue weighted by Gasteiger charge is 2.56. The number of hydrogen-bond acceptors (Lipinski definition) is 6. The molecule has 1 fully saturated rings. The average molecular weight is 400 g/mol. The molecule has 3 atom stereocenters. The number of nitrogens with two attached hydrogens (primary N) is 1. The van der Waals surface area contributed by atoms with Gasteiger partial charge in [-0.15, -0.1) is 0 Å². The zero-order valence-corrected chi connectivity index (χ0v) is 15.8. The number of anilines is 1. The quantitative estimate of drug-likeness (QED) is 0.777. The van der Waals surface area contributed by atoms with Crippen molar-refractivity contribution in [1.29, 1.82) is 5.26 Å². The normalized spacial score (nSPS) is 24.9. The smallest absolute Gasteiger partial charge is 0.248 e. The van der Waals surface area contributed by atoms with Gasteiger partial charge in [-0.1, -0.05) is 29.4 Å². The molecule has 3 heterocycles. The SMILES string of the molecule is Cc1ccc(N2C(=O)[C@H]3[C@@H](c4ccco4)C(C#N)=C(N)S[C@H]3C2=O)cc1Cl. The van der Waals surface area contributed by atoms with Gasteiger partial charge in [0.2, 0.25) is 11.8 Å². The third kappa shape index (κ3) is 2.64. The topological polar surface area (TPSA) is 100 Å². The van der Waals surface area contributed by atoms with Gasteiger partial charge in [0, 0.05) is 5.02 Å². The van der Waals surface area contributed by atoms with Crippen LogP contribution in [-0.2, 0) is 9.59 Å². The number of carbonyl (C=O) groups is 2. The lowest BCUT2D eigenvalue weighted by molar-refractivity contribution is -0.122. The number of carbonyl (C=O) groups excluding carboxylic acids is 2. The molecular weight excluding hydrogens is 386 g/mol. The maximum atomic E-state index is 13.3. The molecule has 2 amide bonds. The van der Waals surface area contributed by atoms with E-state index < -0.39 is 17.1 Å². The highest BCUT2D eigenvalue weighted by atomic mass is 35.5. The molecule has 0 radical (unpaired) electrons. The summed E-state index contributed by atoms with van der Waals surface area (Å²) in [6, 6.07) is 10.5. The molecule has 27 heavy (non-hydrogen) atoms. The highest BCUT2D eigenvalue weighted by molar-refractivity contribution is 8.04. The van der Waals surface area contributed by atoms with Crippen molar-refractivity contribution in [2.45, 2.75) is 18.1 Å². The molecule has 0 unspecified atom stereocenters. The molecule has 8 heteroatoms. The summed E-state index contributed by atoms with van der Waals surface area (Å²) in [5.74, 6) is -1.78. The van der Waals surface area contributed by atoms with Crippen LogP contribution in [0.2, 0.25) is 5.02 Å². The highest BCUT2D eigenvalue weighted by Crippen LogP contribution is 2.51. The van der Waals surface area contributed by atoms with Crippen LogP contribution >= 0.6 is 23.4 Å². The maximum Gasteiger partial charge on any atom is 0.248 e. The van der Waals surface area contributed by atoms with Crippen LogP contribution in [0.25, 0.3) is 0 Å². The molecule has 4 rings (SSSR count). The number of nitrogens with zero attached hydrogens (tertiary/aromatic N) is 2. The lowest BCUT2D eigenvalue weighted by atomic mass is 9.82. The van der Waals surface area contributed by atoms with Crippen LogP contribution in [0.15, 0.2) is 51.6 Å². The number of nitriles is 1. The zero-order chi connectivity index (χ0) is 19.3. The number of allylic oxidation sites excluding steroid dienone is 1. The number of benzene rings is 1. The van der Waals surface area contributed by atoms with Crippen LogP contribution in [0.5, 0.6) is 0 Å². The van der Waals surface area contributed by atoms with E-state index in [0.717, 1.165) is 22.2 Å². The van der Waals surface area contributed by atoms with Crippen molar-refractivity contribution in [3.8, 4) is 6.07 Å². The summed E-state index contributed by atoms with van der Waals surface area (Å²) >= 11 is 7.23. The molecule has 2 N–H and O–H groups in total. The van der Waals surface area contributed by atoms with E-state index in [-0.39, 0.29) is 22.4 Å². The number of fused-ring (bicyclic) bond motifs is 1. The Balaban J connectivity index is 1.82. The number of aryl methyl sites for hydroxylation is 1. The average Bonchev–Trinajstić information content (AvgIpc) is 3.25. The van der Waals surface area contributed by atoms with Gasteiger partial charge in [-0.3, -0.25) is 9.59 Å². The second-order valence-corrected chi connectivity index (χ2v) is 7.98. The van der Waals surface area contributed by atoms with E-state index in [0.29, 0.717) is 16.5 Å². The van der Waals surface area contributed by atoms with Gasteiger partial charge in [0.15, 0.2) is 0 Å². The van der Waals surface area contributed by atoms with Crippen molar-refractivity contribution in [2.24, 2.45) is 11.7 Å². The zero-order valence-electron chi connectivity index (χ0n) is 14.2. The summed E-state index contributed by atoms with van der Waals surface area (Å²) in [6.07, 6.45) is 1.47. The fourth-order valence-electron chi connectivity index (χ4n) is 3.53. The van der Waals surface area contributed by atoms with E-state index >= 15 is 0 Å². The largest absolute Gasteiger partial charge is 0.469 e. The van der Waals surface area contributed by atoms with Gasteiger partial charge in [-0.05, 0) is 36.8 Å². The molecule has 136 valence electrons. The van der Waals surface area contributed by atoms with E-state index in [1.165, 1.54) is 6.26 Å². The van der Waals surface area contributed by atoms with Gasteiger partial charge in [0.1, 0.15) is 11.0 Å². The van der Waals surface area contributed by atoms with E-state index in [4.69, 9.17) is 21.8 Å². The predicted molar refractivity (Wildman–Crippen MR) is 102 cm³/mol. The molecule has 2 aliphatic rings. The van der Waals surface area contributed by atoms with Crippen LogP contribution < -0.4 is 10.6 Å². The fraction of sp³-hybridized carbons (Fsp3) is 0.211. The number of furan rings is 1. The van der Waals surface area contributed by atoms with Crippen LogP contribution in [0.1, 0.15) is 17.2 Å². The summed E-state index contributed by atoms with van der Waals surface area (Å²) in [4.78, 5) is 27.4. The third-order valence-electron chi connectivity index (χ3n) is 4.87. The van der Waals surface area contributed by atoms with E-state index in [1.807, 2.05) is 6.92 Å². The molecule has 0 bridgehead atoms. The summed E-state index contributed by atoms with van der Waals surface area (Å²) in [7, 11) is 0. The lowest BCUT2D eigenvalue weighted by Crippen LogP contribution is -2.33. The number of thioether (sulfide) groups is 1. The van der Waals surface area contributed by atoms with Gasteiger partial charge in [-0.2, -0.15) is 5.26 Å². The molecule has 6 nitrogen and oxygen atoms in total. The second-order valence-electron chi connectivity index (χ2n) is 6.39. The molecule has 1 aromatic heterocycles. The van der Waals surface area contributed by atoms with Gasteiger partial charge >= 0.3 is 0 Å². The Bertz CT molecular complexity index is 1030. The number of hydrogen-bond donors (Lipinski definition) is 1. The van der Waals surface area contributed by atoms with Gasteiger partial charge < -0.3 is 10.2 Å². The van der Waals surface area contributed by atoms with Gasteiger partial charge in [-0.25, -0.2) is 4.90 Å². The van der Waals surface area contributed by atoms with Crippen molar-refractivity contribution in [1.82, 2.24) is 0 Å². The predicted octanol–water partition coefficient (Wildman–Crippen LogP) is 3.32. The third-order valence-corrected chi connectivity index (χ3v) is 6.50. The second kappa shape index (κ2) is 6.48. The van der Waals surface area contributed by atoms with Crippen LogP contribution in [0.4, 0.5) is 5.69 Å². The minimum absolute atomic E-state index is 0.241. The summed E-state index contributed by atoms with van der Waals surface area (Å²) in [6.45, 7) is 1.84. The summed E-state index contributed by atoms with van der Waals surface area (Å²) < 4.78 is 5.47. The van der Waals surface area contributed by atoms with Crippen molar-refractivity contribution >= 4 is 40.9 Å². The molecule has 0 spiro atoms. The minimum Gasteiger partial charge on any atom is -0.469 e. The Morgan fingerprint density at radius 1 is 1.30 bits per heavy atom. The molecule has 0 aliphatic carbocycles. The first-order chi connectivity index (χ1) is 12.9. The van der Waals surface area contributed by atoms with Crippen molar-refractivity contribution in [3.05, 3.63) is 63.5 Å². The van der Waals surface area contributed by atoms with Crippen LogP contribution in [0, 0.1) is 24.2 Å². The minimum atomic E-state index is -0.768. The van der Waals surface area contributed by atoms with E-state index in [9.17, 15) is 14.9 Å². The van der Waals surface area contributed by atoms with Crippen LogP contribution in [-0.4, -0.2) is 17.1 Å². The van der Waals surface area contributed by atoms with E-state index in [1.54, 1.807) is 30.3 Å². The standard InChI is InChI=1S/C19H14ClN3O3S/c1-9-4-5-10(7-12(9)20)23-18(24)15-14(13-3-2-6-26-13)11(8-21)17(22)27-16(15)19(23)25/h2-7,14-16H,22H2,1H3/t14-,15+,16-/m1/s1. The first-order valence-corrected chi connectivity index (χ1v) is 9.43. The van der Waals surface area contributed by atoms with Crippen molar-refractivity contribution < 1.29 is 14.0 Å². The fourth-order valence-corrected chi connectivity index (χ4v) is 4.90. The van der Waals surface area contributed by atoms with Gasteiger partial charge in [0.25, 0.3) is 0 Å². The Hall–Kier alpha value is -2.69. The molecule has 2 aromatic rings. The Labute approximate surface area is 164 Å². The lowest BCUT2D eigenvalue weighted by Gasteiger charge is -2.28. The van der Waals surface area contributed by atoms with Crippen molar-refractivity contribution in [2.75, 3.05) is 4.90 Å². The Morgan fingerprint density at radius 3 is 2.70 bits per heavy atom. The summed E-state index contributed by atoms with van der Waals surface area (Å²) in [5, 5.41) is 9.57. The van der Waals surface area contributed by atoms with E-state index in [2.05, 4.69) is 6.07 Å². The molecule has 1 saturated heterocycles. The van der Waals surface area contributed by atoms with Crippen LogP contribution in [0.3, 0.4) is 0 Å². The number of imide groups is 1. The number of amides is 2. The first kappa shape index (κ1) is 17.7. The first-order valence-electron chi connectivity index (χ1n) is 8.17. The number of halogens is 1. The Morgan fingerprint density at radius 2 is 2.07 bits per heavy atom. The molecule has 0 saturated carbocycles. The molecule has 1 aromatic carbocycles. The monoisotopic (exact) mass is 399 g/mol. The number of rotatable bonds is 2. The molecule has 2 aliphatic heterocycles. The Kier molecular flexibility index (Phi) is 4.25.